The van der Waals surface area contributed by atoms with Crippen LogP contribution in [0.4, 0.5) is 11.4 Å². The Kier molecular flexibility index (Phi) is 4.26. The lowest BCUT2D eigenvalue weighted by Crippen LogP contribution is -2.22. The molecule has 14 heavy (non-hydrogen) atoms. The molecule has 78 valence electrons. The van der Waals surface area contributed by atoms with Crippen molar-refractivity contribution in [3.8, 4) is 0 Å². The predicted octanol–water partition coefficient (Wildman–Crippen LogP) is 1.74. The molecule has 0 aliphatic rings. The van der Waals surface area contributed by atoms with E-state index >= 15 is 0 Å². The minimum Gasteiger partial charge on any atom is -0.399 e. The second-order valence-electron chi connectivity index (χ2n) is 3.21. The van der Waals surface area contributed by atoms with E-state index in [9.17, 15) is 0 Å². The highest BCUT2D eigenvalue weighted by Crippen LogP contribution is 2.15. The van der Waals surface area contributed by atoms with Crippen LogP contribution in [-0.4, -0.2) is 26.8 Å². The van der Waals surface area contributed by atoms with Crippen molar-refractivity contribution in [1.82, 2.24) is 0 Å². The maximum atomic E-state index is 5.69. The number of nitrogens with zero attached hydrogens (tertiary/aromatic N) is 1. The number of benzene rings is 1. The van der Waals surface area contributed by atoms with Crippen molar-refractivity contribution in [2.45, 2.75) is 6.92 Å². The first-order valence-electron chi connectivity index (χ1n) is 4.88. The largest absolute Gasteiger partial charge is 0.399 e. The van der Waals surface area contributed by atoms with E-state index in [4.69, 9.17) is 10.5 Å². The predicted molar refractivity (Wildman–Crippen MR) is 60.6 cm³/mol. The summed E-state index contributed by atoms with van der Waals surface area (Å²) >= 11 is 0. The Bertz CT molecular complexity index is 276. The fourth-order valence-corrected chi connectivity index (χ4v) is 1.24. The third-order valence-corrected chi connectivity index (χ3v) is 2.09. The normalized spacial score (nSPS) is 10.1. The molecule has 0 radical (unpaired) electrons. The van der Waals surface area contributed by atoms with Crippen LogP contribution in [0.2, 0.25) is 0 Å². The summed E-state index contributed by atoms with van der Waals surface area (Å²) in [7, 11) is 2.04. The summed E-state index contributed by atoms with van der Waals surface area (Å²) in [5.41, 5.74) is 7.62. The smallest absolute Gasteiger partial charge is 0.0641 e. The average molecular weight is 194 g/mol. The molecule has 0 aromatic heterocycles. The molecule has 2 N–H and O–H groups in total. The third kappa shape index (κ3) is 3.26. The summed E-state index contributed by atoms with van der Waals surface area (Å²) < 4.78 is 5.28. The van der Waals surface area contributed by atoms with Crippen LogP contribution in [0.1, 0.15) is 6.92 Å². The molecule has 0 amide bonds. The molecule has 0 fully saturated rings. The van der Waals surface area contributed by atoms with Gasteiger partial charge >= 0.3 is 0 Å². The lowest BCUT2D eigenvalue weighted by Gasteiger charge is -2.19. The summed E-state index contributed by atoms with van der Waals surface area (Å²) in [6, 6.07) is 7.86. The van der Waals surface area contributed by atoms with Gasteiger partial charge in [0.2, 0.25) is 0 Å². The zero-order valence-electron chi connectivity index (χ0n) is 8.86. The maximum absolute atomic E-state index is 5.69. The van der Waals surface area contributed by atoms with Crippen LogP contribution >= 0.6 is 0 Å². The van der Waals surface area contributed by atoms with Crippen LogP contribution in [0.25, 0.3) is 0 Å². The Hall–Kier alpha value is -1.22. The van der Waals surface area contributed by atoms with Crippen molar-refractivity contribution in [2.24, 2.45) is 0 Å². The van der Waals surface area contributed by atoms with Gasteiger partial charge in [0.25, 0.3) is 0 Å². The zero-order valence-corrected chi connectivity index (χ0v) is 8.86. The first-order chi connectivity index (χ1) is 6.74. The van der Waals surface area contributed by atoms with Crippen LogP contribution in [0.3, 0.4) is 0 Å². The van der Waals surface area contributed by atoms with E-state index in [2.05, 4.69) is 4.90 Å². The molecule has 0 spiro atoms. The van der Waals surface area contributed by atoms with E-state index in [0.29, 0.717) is 0 Å². The molecule has 0 heterocycles. The first kappa shape index (κ1) is 10.9. The first-order valence-corrected chi connectivity index (χ1v) is 4.88. The number of ether oxygens (including phenoxy) is 1. The van der Waals surface area contributed by atoms with Gasteiger partial charge in [-0.1, -0.05) is 6.07 Å². The van der Waals surface area contributed by atoms with Crippen molar-refractivity contribution in [2.75, 3.05) is 37.4 Å². The molecule has 1 aromatic carbocycles. The fourth-order valence-electron chi connectivity index (χ4n) is 1.24. The zero-order chi connectivity index (χ0) is 10.4. The van der Waals surface area contributed by atoms with Crippen LogP contribution in [0.15, 0.2) is 24.3 Å². The van der Waals surface area contributed by atoms with Gasteiger partial charge in [-0.15, -0.1) is 0 Å². The van der Waals surface area contributed by atoms with E-state index in [1.54, 1.807) is 0 Å². The molecule has 0 atom stereocenters. The van der Waals surface area contributed by atoms with Gasteiger partial charge in [0, 0.05) is 31.6 Å². The van der Waals surface area contributed by atoms with E-state index in [-0.39, 0.29) is 0 Å². The molecule has 0 aliphatic heterocycles. The highest BCUT2D eigenvalue weighted by Gasteiger charge is 1.99. The van der Waals surface area contributed by atoms with Crippen molar-refractivity contribution in [1.29, 1.82) is 0 Å². The molecular formula is C11H18N2O. The maximum Gasteiger partial charge on any atom is 0.0641 e. The Morgan fingerprint density at radius 1 is 1.43 bits per heavy atom. The van der Waals surface area contributed by atoms with Crippen LogP contribution in [-0.2, 0) is 4.74 Å². The number of nitrogen functional groups attached to an aromatic ring is 1. The highest BCUT2D eigenvalue weighted by molar-refractivity contribution is 5.55. The molecule has 3 heteroatoms. The lowest BCUT2D eigenvalue weighted by molar-refractivity contribution is 0.154. The quantitative estimate of drug-likeness (QED) is 0.573. The monoisotopic (exact) mass is 194 g/mol. The summed E-state index contributed by atoms with van der Waals surface area (Å²) in [6.45, 7) is 4.41. The van der Waals surface area contributed by atoms with Gasteiger partial charge in [-0.3, -0.25) is 0 Å². The van der Waals surface area contributed by atoms with Gasteiger partial charge in [0.05, 0.1) is 6.61 Å². The number of hydrogen-bond donors (Lipinski definition) is 1. The van der Waals surface area contributed by atoms with E-state index in [0.717, 1.165) is 31.1 Å². The number of hydrogen-bond acceptors (Lipinski definition) is 3. The molecular weight excluding hydrogens is 176 g/mol. The molecule has 0 bridgehead atoms. The molecule has 0 unspecified atom stereocenters. The summed E-state index contributed by atoms with van der Waals surface area (Å²) in [5.74, 6) is 0. The second-order valence-corrected chi connectivity index (χ2v) is 3.21. The Balaban J connectivity index is 2.47. The topological polar surface area (TPSA) is 38.5 Å². The van der Waals surface area contributed by atoms with Gasteiger partial charge in [-0.05, 0) is 25.1 Å². The SMILES string of the molecule is CCOCCN(C)c1cccc(N)c1. The standard InChI is InChI=1S/C11H18N2O/c1-3-14-8-7-13(2)11-6-4-5-10(12)9-11/h4-6,9H,3,7-8,12H2,1-2H3. The van der Waals surface area contributed by atoms with E-state index in [1.165, 1.54) is 0 Å². The van der Waals surface area contributed by atoms with Crippen molar-refractivity contribution in [3.63, 3.8) is 0 Å². The van der Waals surface area contributed by atoms with Crippen molar-refractivity contribution in [3.05, 3.63) is 24.3 Å². The van der Waals surface area contributed by atoms with Crippen molar-refractivity contribution >= 4 is 11.4 Å². The third-order valence-electron chi connectivity index (χ3n) is 2.09. The summed E-state index contributed by atoms with van der Waals surface area (Å²) in [6.07, 6.45) is 0. The van der Waals surface area contributed by atoms with Crippen molar-refractivity contribution < 1.29 is 4.74 Å². The Morgan fingerprint density at radius 2 is 2.21 bits per heavy atom. The highest BCUT2D eigenvalue weighted by atomic mass is 16.5. The molecule has 0 saturated carbocycles. The van der Waals surface area contributed by atoms with Crippen LogP contribution in [0, 0.1) is 0 Å². The molecule has 1 aromatic rings. The summed E-state index contributed by atoms with van der Waals surface area (Å²) in [4.78, 5) is 2.13. The fraction of sp³-hybridized carbons (Fsp3) is 0.455. The van der Waals surface area contributed by atoms with Crippen LogP contribution in [0.5, 0.6) is 0 Å². The van der Waals surface area contributed by atoms with Gasteiger partial charge in [0.1, 0.15) is 0 Å². The Morgan fingerprint density at radius 3 is 2.86 bits per heavy atom. The number of rotatable bonds is 5. The average Bonchev–Trinajstić information content (AvgIpc) is 2.18. The molecule has 0 aliphatic carbocycles. The van der Waals surface area contributed by atoms with Gasteiger partial charge < -0.3 is 15.4 Å². The lowest BCUT2D eigenvalue weighted by atomic mass is 10.2. The minimum atomic E-state index is 0.752. The molecule has 0 saturated heterocycles. The van der Waals surface area contributed by atoms with E-state index < -0.39 is 0 Å². The second kappa shape index (κ2) is 5.50. The number of nitrogens with two attached hydrogens (primary N) is 1. The van der Waals surface area contributed by atoms with Gasteiger partial charge in [-0.25, -0.2) is 0 Å². The minimum absolute atomic E-state index is 0.752. The number of anilines is 2. The molecule has 1 rings (SSSR count). The Labute approximate surface area is 85.5 Å². The van der Waals surface area contributed by atoms with Gasteiger partial charge in [-0.2, -0.15) is 0 Å². The van der Waals surface area contributed by atoms with Gasteiger partial charge in [0.15, 0.2) is 0 Å². The van der Waals surface area contributed by atoms with Crippen LogP contribution < -0.4 is 10.6 Å². The summed E-state index contributed by atoms with van der Waals surface area (Å²) in [5, 5.41) is 0. The van der Waals surface area contributed by atoms with E-state index in [1.807, 2.05) is 38.2 Å². The molecule has 3 nitrogen and oxygen atoms in total. The number of likely N-dealkylation sites (N-methyl/N-ethyl adjacent to an activating group) is 1.